The van der Waals surface area contributed by atoms with Crippen LogP contribution in [0.3, 0.4) is 0 Å². The number of nitrogens with zero attached hydrogens (tertiary/aromatic N) is 2. The van der Waals surface area contributed by atoms with Crippen molar-refractivity contribution in [3.63, 3.8) is 0 Å². The van der Waals surface area contributed by atoms with Crippen molar-refractivity contribution in [1.82, 2.24) is 0 Å². The van der Waals surface area contributed by atoms with Crippen molar-refractivity contribution < 1.29 is 14.5 Å². The summed E-state index contributed by atoms with van der Waals surface area (Å²) in [5.41, 5.74) is 2.35. The zero-order valence-electron chi connectivity index (χ0n) is 15.8. The minimum atomic E-state index is -0.477. The van der Waals surface area contributed by atoms with Crippen LogP contribution in [0.2, 0.25) is 0 Å². The van der Waals surface area contributed by atoms with Gasteiger partial charge in [0.25, 0.3) is 5.91 Å². The molecule has 0 heterocycles. The summed E-state index contributed by atoms with van der Waals surface area (Å²) in [4.78, 5) is 25.0. The van der Waals surface area contributed by atoms with Gasteiger partial charge in [-0.1, -0.05) is 25.1 Å². The van der Waals surface area contributed by atoms with Gasteiger partial charge in [0.2, 0.25) is 0 Å². The fourth-order valence-electron chi connectivity index (χ4n) is 2.63. The van der Waals surface area contributed by atoms with Crippen LogP contribution in [0.25, 0.3) is 6.08 Å². The van der Waals surface area contributed by atoms with Gasteiger partial charge in [0.1, 0.15) is 0 Å². The fraction of sp³-hybridized carbons (Fsp3) is 0.286. The molecule has 0 spiro atoms. The molecule has 0 saturated heterocycles. The van der Waals surface area contributed by atoms with Gasteiger partial charge >= 0.3 is 5.69 Å². The first-order valence-corrected chi connectivity index (χ1v) is 8.93. The molecule has 6 nitrogen and oxygen atoms in total. The summed E-state index contributed by atoms with van der Waals surface area (Å²) >= 11 is 0. The van der Waals surface area contributed by atoms with E-state index < -0.39 is 4.92 Å². The third kappa shape index (κ3) is 5.41. The molecule has 0 aliphatic carbocycles. The van der Waals surface area contributed by atoms with Crippen molar-refractivity contribution in [3.05, 3.63) is 69.8 Å². The summed E-state index contributed by atoms with van der Waals surface area (Å²) in [6.07, 6.45) is 3.77. The molecule has 0 aliphatic heterocycles. The van der Waals surface area contributed by atoms with Crippen LogP contribution in [0.4, 0.5) is 11.4 Å². The quantitative estimate of drug-likeness (QED) is 0.383. The number of ether oxygens (including phenoxy) is 1. The highest BCUT2D eigenvalue weighted by molar-refractivity contribution is 6.03. The highest BCUT2D eigenvalue weighted by Crippen LogP contribution is 2.28. The summed E-state index contributed by atoms with van der Waals surface area (Å²) in [6.45, 7) is 6.74. The van der Waals surface area contributed by atoms with Crippen LogP contribution in [0.15, 0.2) is 48.5 Å². The van der Waals surface area contributed by atoms with Gasteiger partial charge in [-0.15, -0.1) is 0 Å². The predicted molar refractivity (Wildman–Crippen MR) is 107 cm³/mol. The Kier molecular flexibility index (Phi) is 7.11. The number of aryl methyl sites for hydroxylation is 1. The van der Waals surface area contributed by atoms with E-state index in [0.717, 1.165) is 17.7 Å². The lowest BCUT2D eigenvalue weighted by Gasteiger charge is -2.19. The molecule has 0 aromatic heterocycles. The molecule has 0 aliphatic rings. The van der Waals surface area contributed by atoms with E-state index in [9.17, 15) is 14.9 Å². The minimum Gasteiger partial charge on any atom is -0.487 e. The van der Waals surface area contributed by atoms with Gasteiger partial charge in [0.05, 0.1) is 11.5 Å². The number of nitro groups is 1. The van der Waals surface area contributed by atoms with E-state index in [2.05, 4.69) is 0 Å². The molecule has 0 atom stereocenters. The summed E-state index contributed by atoms with van der Waals surface area (Å²) in [6, 6.07) is 12.4. The number of anilines is 1. The molecule has 6 heteroatoms. The smallest absolute Gasteiger partial charge is 0.311 e. The van der Waals surface area contributed by atoms with Crippen LogP contribution in [-0.2, 0) is 4.79 Å². The molecule has 0 N–H and O–H groups in total. The Balaban J connectivity index is 2.21. The van der Waals surface area contributed by atoms with Crippen molar-refractivity contribution in [2.45, 2.75) is 27.2 Å². The number of hydrogen-bond acceptors (Lipinski definition) is 4. The summed E-state index contributed by atoms with van der Waals surface area (Å²) in [7, 11) is 0. The Morgan fingerprint density at radius 2 is 2.00 bits per heavy atom. The van der Waals surface area contributed by atoms with Gasteiger partial charge in [0.15, 0.2) is 5.75 Å². The van der Waals surface area contributed by atoms with E-state index in [1.165, 1.54) is 12.1 Å². The van der Waals surface area contributed by atoms with Gasteiger partial charge in [-0.25, -0.2) is 0 Å². The molecule has 0 radical (unpaired) electrons. The lowest BCUT2D eigenvalue weighted by molar-refractivity contribution is -0.385. The second-order valence-corrected chi connectivity index (χ2v) is 6.09. The van der Waals surface area contributed by atoms with E-state index in [-0.39, 0.29) is 17.3 Å². The standard InChI is InChI=1S/C21H24N2O4/c1-4-13-27-20-11-9-17(15-19(20)23(25)26)10-12-21(24)22(5-2)18-8-6-7-16(3)14-18/h6-12,14-15H,4-5,13H2,1-3H3/b12-10+. The number of hydrogen-bond donors (Lipinski definition) is 0. The number of carbonyl (C=O) groups excluding carboxylic acids is 1. The van der Waals surface area contributed by atoms with Gasteiger partial charge < -0.3 is 9.64 Å². The summed E-state index contributed by atoms with van der Waals surface area (Å²) < 4.78 is 5.41. The fourth-order valence-corrected chi connectivity index (χ4v) is 2.63. The van der Waals surface area contributed by atoms with Crippen LogP contribution in [-0.4, -0.2) is 24.0 Å². The number of nitro benzene ring substituents is 1. The van der Waals surface area contributed by atoms with Crippen LogP contribution >= 0.6 is 0 Å². The molecule has 2 rings (SSSR count). The molecule has 27 heavy (non-hydrogen) atoms. The van der Waals surface area contributed by atoms with E-state index in [4.69, 9.17) is 4.74 Å². The van der Waals surface area contributed by atoms with E-state index >= 15 is 0 Å². The van der Waals surface area contributed by atoms with Crippen molar-refractivity contribution >= 4 is 23.4 Å². The molecule has 0 bridgehead atoms. The second-order valence-electron chi connectivity index (χ2n) is 6.09. The SMILES string of the molecule is CCCOc1ccc(/C=C/C(=O)N(CC)c2cccc(C)c2)cc1[N+](=O)[O-]. The average molecular weight is 368 g/mol. The van der Waals surface area contributed by atoms with Crippen LogP contribution in [0, 0.1) is 17.0 Å². The molecular weight excluding hydrogens is 344 g/mol. The van der Waals surface area contributed by atoms with Gasteiger partial charge in [0, 0.05) is 24.4 Å². The third-order valence-electron chi connectivity index (χ3n) is 3.96. The summed E-state index contributed by atoms with van der Waals surface area (Å²) in [5, 5.41) is 11.3. The maximum atomic E-state index is 12.6. The Hall–Kier alpha value is -3.15. The zero-order valence-corrected chi connectivity index (χ0v) is 15.8. The van der Waals surface area contributed by atoms with Gasteiger partial charge in [-0.3, -0.25) is 14.9 Å². The Bertz CT molecular complexity index is 846. The van der Waals surface area contributed by atoms with Crippen LogP contribution < -0.4 is 9.64 Å². The maximum absolute atomic E-state index is 12.6. The Morgan fingerprint density at radius 3 is 2.63 bits per heavy atom. The summed E-state index contributed by atoms with van der Waals surface area (Å²) in [5.74, 6) is 0.0531. The van der Waals surface area contributed by atoms with E-state index in [1.807, 2.05) is 45.0 Å². The first-order valence-electron chi connectivity index (χ1n) is 8.93. The first kappa shape index (κ1) is 20.2. The number of likely N-dealkylation sites (N-methyl/N-ethyl adjacent to an activating group) is 1. The zero-order chi connectivity index (χ0) is 19.8. The highest BCUT2D eigenvalue weighted by atomic mass is 16.6. The van der Waals surface area contributed by atoms with Gasteiger partial charge in [-0.2, -0.15) is 0 Å². The van der Waals surface area contributed by atoms with Crippen molar-refractivity contribution in [3.8, 4) is 5.75 Å². The van der Waals surface area contributed by atoms with Crippen molar-refractivity contribution in [2.24, 2.45) is 0 Å². The second kappa shape index (κ2) is 9.52. The number of rotatable bonds is 8. The highest BCUT2D eigenvalue weighted by Gasteiger charge is 2.16. The minimum absolute atomic E-state index is 0.107. The Labute approximate surface area is 159 Å². The van der Waals surface area contributed by atoms with Crippen molar-refractivity contribution in [2.75, 3.05) is 18.1 Å². The molecule has 2 aromatic rings. The monoisotopic (exact) mass is 368 g/mol. The van der Waals surface area contributed by atoms with Crippen LogP contribution in [0.1, 0.15) is 31.4 Å². The lowest BCUT2D eigenvalue weighted by Crippen LogP contribution is -2.28. The van der Waals surface area contributed by atoms with Gasteiger partial charge in [-0.05, 0) is 55.7 Å². The Morgan fingerprint density at radius 1 is 1.22 bits per heavy atom. The lowest BCUT2D eigenvalue weighted by atomic mass is 10.1. The number of benzene rings is 2. The average Bonchev–Trinajstić information content (AvgIpc) is 2.65. The topological polar surface area (TPSA) is 72.7 Å². The predicted octanol–water partition coefficient (Wildman–Crippen LogP) is 4.76. The van der Waals surface area contributed by atoms with Crippen molar-refractivity contribution in [1.29, 1.82) is 0 Å². The number of carbonyl (C=O) groups is 1. The van der Waals surface area contributed by atoms with E-state index in [0.29, 0.717) is 18.7 Å². The third-order valence-corrected chi connectivity index (χ3v) is 3.96. The largest absolute Gasteiger partial charge is 0.487 e. The molecule has 1 amide bonds. The number of amides is 1. The first-order chi connectivity index (χ1) is 13.0. The molecule has 2 aromatic carbocycles. The molecule has 142 valence electrons. The van der Waals surface area contributed by atoms with E-state index in [1.54, 1.807) is 23.1 Å². The molecule has 0 fully saturated rings. The maximum Gasteiger partial charge on any atom is 0.311 e. The molecular formula is C21H24N2O4. The van der Waals surface area contributed by atoms with Crippen LogP contribution in [0.5, 0.6) is 5.75 Å². The normalized spacial score (nSPS) is 10.8. The molecule has 0 unspecified atom stereocenters. The molecule has 0 saturated carbocycles.